The molecule has 2 aromatic carbocycles. The fourth-order valence-electron chi connectivity index (χ4n) is 2.39. The average molecular weight is 416 g/mol. The molecule has 6 nitrogen and oxygen atoms in total. The van der Waals surface area contributed by atoms with Crippen LogP contribution in [0.25, 0.3) is 11.1 Å². The quantitative estimate of drug-likeness (QED) is 0.625. The third kappa shape index (κ3) is 5.09. The molecule has 0 aliphatic heterocycles. The van der Waals surface area contributed by atoms with Crippen LogP contribution < -0.4 is 14.8 Å². The van der Waals surface area contributed by atoms with E-state index in [1.54, 1.807) is 26.4 Å². The van der Waals surface area contributed by atoms with Gasteiger partial charge < -0.3 is 14.8 Å². The molecule has 3 aromatic rings. The molecule has 0 unspecified atom stereocenters. The molecule has 0 saturated carbocycles. The molecular weight excluding hydrogens is 398 g/mol. The molecule has 8 heteroatoms. The van der Waals surface area contributed by atoms with E-state index in [0.29, 0.717) is 28.1 Å². The Bertz CT molecular complexity index is 967. The summed E-state index contributed by atoms with van der Waals surface area (Å²) >= 11 is 7.50. The van der Waals surface area contributed by atoms with Crippen LogP contribution in [0.2, 0.25) is 0 Å². The zero-order valence-electron chi connectivity index (χ0n) is 15.3. The van der Waals surface area contributed by atoms with Crippen LogP contribution in [-0.4, -0.2) is 30.3 Å². The SMILES string of the molecule is COc1cc(/C=C(/Cl)c2nnc(C(=O)NCc3ccccc3)s2)cc(OC)c1. The van der Waals surface area contributed by atoms with Crippen molar-refractivity contribution in [3.8, 4) is 11.5 Å². The van der Waals surface area contributed by atoms with Crippen molar-refractivity contribution in [3.63, 3.8) is 0 Å². The van der Waals surface area contributed by atoms with Crippen molar-refractivity contribution < 1.29 is 14.3 Å². The second-order valence-electron chi connectivity index (χ2n) is 5.72. The van der Waals surface area contributed by atoms with Crippen LogP contribution in [0.5, 0.6) is 11.5 Å². The first-order valence-corrected chi connectivity index (χ1v) is 9.54. The van der Waals surface area contributed by atoms with Crippen LogP contribution in [0.4, 0.5) is 0 Å². The minimum Gasteiger partial charge on any atom is -0.497 e. The van der Waals surface area contributed by atoms with Crippen molar-refractivity contribution in [2.45, 2.75) is 6.54 Å². The summed E-state index contributed by atoms with van der Waals surface area (Å²) in [6.07, 6.45) is 1.72. The van der Waals surface area contributed by atoms with E-state index in [1.165, 1.54) is 0 Å². The third-order valence-electron chi connectivity index (χ3n) is 3.79. The predicted octanol–water partition coefficient (Wildman–Crippen LogP) is 4.22. The van der Waals surface area contributed by atoms with E-state index in [4.69, 9.17) is 21.1 Å². The third-order valence-corrected chi connectivity index (χ3v) is 5.14. The molecule has 0 atom stereocenters. The lowest BCUT2D eigenvalue weighted by Gasteiger charge is -2.06. The van der Waals surface area contributed by atoms with Gasteiger partial charge in [0.1, 0.15) is 11.5 Å². The van der Waals surface area contributed by atoms with Crippen LogP contribution in [-0.2, 0) is 6.54 Å². The van der Waals surface area contributed by atoms with E-state index in [0.717, 1.165) is 22.5 Å². The number of nitrogens with one attached hydrogen (secondary N) is 1. The Hall–Kier alpha value is -2.90. The van der Waals surface area contributed by atoms with Gasteiger partial charge >= 0.3 is 0 Å². The monoisotopic (exact) mass is 415 g/mol. The van der Waals surface area contributed by atoms with Gasteiger partial charge in [-0.3, -0.25) is 4.79 Å². The van der Waals surface area contributed by atoms with Crippen molar-refractivity contribution in [2.24, 2.45) is 0 Å². The number of ether oxygens (including phenoxy) is 2. The number of hydrogen-bond donors (Lipinski definition) is 1. The number of carbonyl (C=O) groups excluding carboxylic acids is 1. The molecule has 28 heavy (non-hydrogen) atoms. The number of benzene rings is 2. The van der Waals surface area contributed by atoms with E-state index in [-0.39, 0.29) is 10.9 Å². The summed E-state index contributed by atoms with van der Waals surface area (Å²) < 4.78 is 10.5. The molecule has 0 radical (unpaired) electrons. The first kappa shape index (κ1) is 19.9. The molecule has 1 amide bonds. The smallest absolute Gasteiger partial charge is 0.282 e. The molecule has 0 aliphatic rings. The second kappa shape index (κ2) is 9.34. The molecule has 3 rings (SSSR count). The van der Waals surface area contributed by atoms with Crippen LogP contribution in [0.15, 0.2) is 48.5 Å². The van der Waals surface area contributed by atoms with Crippen molar-refractivity contribution in [1.82, 2.24) is 15.5 Å². The van der Waals surface area contributed by atoms with Gasteiger partial charge in [0, 0.05) is 12.6 Å². The maximum absolute atomic E-state index is 12.3. The maximum Gasteiger partial charge on any atom is 0.282 e. The highest BCUT2D eigenvalue weighted by atomic mass is 35.5. The standard InChI is InChI=1S/C20H18ClN3O3S/c1-26-15-8-14(9-16(11-15)27-2)10-17(21)19-23-24-20(28-19)18(25)22-12-13-6-4-3-5-7-13/h3-11H,12H2,1-2H3,(H,22,25)/b17-10+. The van der Waals surface area contributed by atoms with Crippen LogP contribution >= 0.6 is 22.9 Å². The van der Waals surface area contributed by atoms with Gasteiger partial charge in [-0.15, -0.1) is 10.2 Å². The van der Waals surface area contributed by atoms with E-state index in [1.807, 2.05) is 42.5 Å². The predicted molar refractivity (Wildman–Crippen MR) is 111 cm³/mol. The fourth-order valence-corrected chi connectivity index (χ4v) is 3.33. The van der Waals surface area contributed by atoms with Gasteiger partial charge in [0.05, 0.1) is 19.3 Å². The zero-order valence-corrected chi connectivity index (χ0v) is 16.9. The maximum atomic E-state index is 12.3. The van der Waals surface area contributed by atoms with Gasteiger partial charge in [-0.1, -0.05) is 53.3 Å². The summed E-state index contributed by atoms with van der Waals surface area (Å²) in [6, 6.07) is 15.0. The van der Waals surface area contributed by atoms with E-state index in [9.17, 15) is 4.79 Å². The number of halogens is 1. The van der Waals surface area contributed by atoms with E-state index >= 15 is 0 Å². The molecule has 1 heterocycles. The Morgan fingerprint density at radius 3 is 2.36 bits per heavy atom. The summed E-state index contributed by atoms with van der Waals surface area (Å²) in [5.74, 6) is 1.00. The summed E-state index contributed by atoms with van der Waals surface area (Å²) in [4.78, 5) is 12.3. The molecule has 1 aromatic heterocycles. The minimum absolute atomic E-state index is 0.251. The lowest BCUT2D eigenvalue weighted by Crippen LogP contribution is -2.22. The Balaban J connectivity index is 1.72. The topological polar surface area (TPSA) is 73.3 Å². The molecular formula is C20H18ClN3O3S. The number of carbonyl (C=O) groups is 1. The number of aromatic nitrogens is 2. The molecule has 144 valence electrons. The number of methoxy groups -OCH3 is 2. The molecule has 0 saturated heterocycles. The highest BCUT2D eigenvalue weighted by molar-refractivity contribution is 7.15. The summed E-state index contributed by atoms with van der Waals surface area (Å²) in [7, 11) is 3.16. The molecule has 0 aliphatic carbocycles. The average Bonchev–Trinajstić information content (AvgIpc) is 3.23. The Labute approximate surface area is 171 Å². The van der Waals surface area contributed by atoms with Gasteiger partial charge in [0.2, 0.25) is 5.01 Å². The van der Waals surface area contributed by atoms with Crippen LogP contribution in [0.1, 0.15) is 25.9 Å². The van der Waals surface area contributed by atoms with Crippen LogP contribution in [0.3, 0.4) is 0 Å². The highest BCUT2D eigenvalue weighted by Crippen LogP contribution is 2.29. The Kier molecular flexibility index (Phi) is 6.62. The van der Waals surface area contributed by atoms with Gasteiger partial charge in [0.15, 0.2) is 5.01 Å². The Morgan fingerprint density at radius 2 is 1.71 bits per heavy atom. The molecule has 0 fully saturated rings. The number of rotatable bonds is 7. The van der Waals surface area contributed by atoms with Gasteiger partial charge in [-0.25, -0.2) is 0 Å². The lowest BCUT2D eigenvalue weighted by atomic mass is 10.2. The van der Waals surface area contributed by atoms with Gasteiger partial charge in [-0.2, -0.15) is 0 Å². The highest BCUT2D eigenvalue weighted by Gasteiger charge is 2.14. The van der Waals surface area contributed by atoms with Crippen molar-refractivity contribution in [1.29, 1.82) is 0 Å². The molecule has 0 spiro atoms. The van der Waals surface area contributed by atoms with E-state index in [2.05, 4.69) is 15.5 Å². The molecule has 0 bridgehead atoms. The van der Waals surface area contributed by atoms with Gasteiger partial charge in [-0.05, 0) is 29.3 Å². The van der Waals surface area contributed by atoms with Gasteiger partial charge in [0.25, 0.3) is 5.91 Å². The second-order valence-corrected chi connectivity index (χ2v) is 7.10. The van der Waals surface area contributed by atoms with Crippen molar-refractivity contribution >= 4 is 40.0 Å². The zero-order chi connectivity index (χ0) is 19.9. The lowest BCUT2D eigenvalue weighted by molar-refractivity contribution is 0.0950. The largest absolute Gasteiger partial charge is 0.497 e. The summed E-state index contributed by atoms with van der Waals surface area (Å²) in [5, 5.41) is 11.9. The number of hydrogen-bond acceptors (Lipinski definition) is 6. The normalized spacial score (nSPS) is 11.2. The Morgan fingerprint density at radius 1 is 1.07 bits per heavy atom. The van der Waals surface area contributed by atoms with E-state index < -0.39 is 0 Å². The minimum atomic E-state index is -0.292. The van der Waals surface area contributed by atoms with Crippen molar-refractivity contribution in [3.05, 3.63) is 69.7 Å². The van der Waals surface area contributed by atoms with Crippen molar-refractivity contribution in [2.75, 3.05) is 14.2 Å². The van der Waals surface area contributed by atoms with Crippen LogP contribution in [0, 0.1) is 0 Å². The molecule has 1 N–H and O–H groups in total. The summed E-state index contributed by atoms with van der Waals surface area (Å²) in [5.41, 5.74) is 1.79. The fraction of sp³-hybridized carbons (Fsp3) is 0.150. The number of amides is 1. The first-order valence-electron chi connectivity index (χ1n) is 8.35. The summed E-state index contributed by atoms with van der Waals surface area (Å²) in [6.45, 7) is 0.418. The first-order chi connectivity index (χ1) is 13.6. The number of nitrogens with zero attached hydrogens (tertiary/aromatic N) is 2.